The quantitative estimate of drug-likeness (QED) is 0.847. The summed E-state index contributed by atoms with van der Waals surface area (Å²) in [6, 6.07) is 5.58. The van der Waals surface area contributed by atoms with Crippen LogP contribution in [0, 0.1) is 5.41 Å². The Hall–Kier alpha value is -1.72. The second-order valence-electron chi connectivity index (χ2n) is 5.00. The molecule has 6 heteroatoms. The van der Waals surface area contributed by atoms with E-state index in [9.17, 15) is 18.0 Å². The van der Waals surface area contributed by atoms with Crippen LogP contribution in [0.5, 0.6) is 11.5 Å². The molecule has 1 aromatic carbocycles. The lowest BCUT2D eigenvalue weighted by atomic mass is 9.64. The molecule has 1 aliphatic carbocycles. The second kappa shape index (κ2) is 5.00. The third kappa shape index (κ3) is 2.73. The third-order valence-electron chi connectivity index (χ3n) is 3.80. The molecule has 0 radical (unpaired) electrons. The van der Waals surface area contributed by atoms with E-state index in [0.717, 1.165) is 0 Å². The number of carbonyl (C=O) groups excluding carboxylic acids is 1. The first-order valence-corrected chi connectivity index (χ1v) is 6.31. The van der Waals surface area contributed by atoms with Gasteiger partial charge in [0.15, 0.2) is 11.5 Å². The second-order valence-corrected chi connectivity index (χ2v) is 5.00. The summed E-state index contributed by atoms with van der Waals surface area (Å²) in [7, 11) is 0. The summed E-state index contributed by atoms with van der Waals surface area (Å²) >= 11 is 0. The molecule has 1 aromatic rings. The molecule has 0 saturated heterocycles. The van der Waals surface area contributed by atoms with Gasteiger partial charge in [-0.2, -0.15) is 0 Å². The Morgan fingerprint density at radius 1 is 1.30 bits per heavy atom. The summed E-state index contributed by atoms with van der Waals surface area (Å²) in [6.07, 6.45) is -4.40. The fraction of sp³-hybridized carbons (Fsp3) is 0.500. The minimum atomic E-state index is -4.77. The van der Waals surface area contributed by atoms with Gasteiger partial charge in [-0.25, -0.2) is 0 Å². The van der Waals surface area contributed by atoms with E-state index in [1.807, 2.05) is 6.92 Å². The van der Waals surface area contributed by atoms with Gasteiger partial charge in [0.05, 0.1) is 5.41 Å². The molecule has 2 rings (SSSR count). The van der Waals surface area contributed by atoms with E-state index in [-0.39, 0.29) is 18.0 Å². The van der Waals surface area contributed by atoms with E-state index in [1.54, 1.807) is 13.0 Å². The average molecular weight is 288 g/mol. The largest absolute Gasteiger partial charge is 0.573 e. The molecule has 1 aliphatic rings. The van der Waals surface area contributed by atoms with Crippen LogP contribution in [0.15, 0.2) is 24.3 Å². The average Bonchev–Trinajstić information content (AvgIpc) is 2.37. The van der Waals surface area contributed by atoms with Crippen LogP contribution in [0.3, 0.4) is 0 Å². The summed E-state index contributed by atoms with van der Waals surface area (Å²) in [5.74, 6) is -0.320. The van der Waals surface area contributed by atoms with Gasteiger partial charge in [-0.05, 0) is 25.5 Å². The van der Waals surface area contributed by atoms with Gasteiger partial charge in [-0.3, -0.25) is 4.79 Å². The van der Waals surface area contributed by atoms with Crippen LogP contribution in [0.1, 0.15) is 26.7 Å². The standard InChI is InChI=1S/C14H15F3O3/c1-3-13(2)11(18)8-12(13)19-9-6-4-5-7-10(9)20-14(15,16)17/h4-7,12H,3,8H2,1-2H3. The maximum absolute atomic E-state index is 12.3. The van der Waals surface area contributed by atoms with Crippen molar-refractivity contribution >= 4 is 5.78 Å². The maximum atomic E-state index is 12.3. The van der Waals surface area contributed by atoms with Gasteiger partial charge in [0.2, 0.25) is 0 Å². The Balaban J connectivity index is 2.17. The molecule has 0 heterocycles. The van der Waals surface area contributed by atoms with E-state index in [0.29, 0.717) is 6.42 Å². The van der Waals surface area contributed by atoms with Crippen LogP contribution in [-0.4, -0.2) is 18.2 Å². The summed E-state index contributed by atoms with van der Waals surface area (Å²) in [5, 5.41) is 0. The molecule has 1 saturated carbocycles. The highest BCUT2D eigenvalue weighted by Gasteiger charge is 2.51. The highest BCUT2D eigenvalue weighted by atomic mass is 19.4. The predicted octanol–water partition coefficient (Wildman–Crippen LogP) is 3.72. The molecule has 0 aromatic heterocycles. The number of carbonyl (C=O) groups is 1. The highest BCUT2D eigenvalue weighted by Crippen LogP contribution is 2.44. The van der Waals surface area contributed by atoms with Gasteiger partial charge in [0, 0.05) is 6.42 Å². The van der Waals surface area contributed by atoms with Gasteiger partial charge in [0.1, 0.15) is 11.9 Å². The molecule has 0 spiro atoms. The van der Waals surface area contributed by atoms with Crippen molar-refractivity contribution in [3.05, 3.63) is 24.3 Å². The number of halogens is 3. The molecule has 3 nitrogen and oxygen atoms in total. The van der Waals surface area contributed by atoms with Crippen LogP contribution in [0.2, 0.25) is 0 Å². The van der Waals surface area contributed by atoms with Crippen molar-refractivity contribution in [2.75, 3.05) is 0 Å². The lowest BCUT2D eigenvalue weighted by molar-refractivity contribution is -0.275. The topological polar surface area (TPSA) is 35.5 Å². The van der Waals surface area contributed by atoms with Crippen molar-refractivity contribution in [2.24, 2.45) is 5.41 Å². The van der Waals surface area contributed by atoms with Crippen molar-refractivity contribution in [3.63, 3.8) is 0 Å². The first-order valence-electron chi connectivity index (χ1n) is 6.31. The van der Waals surface area contributed by atoms with Crippen LogP contribution in [0.4, 0.5) is 13.2 Å². The maximum Gasteiger partial charge on any atom is 0.573 e. The van der Waals surface area contributed by atoms with Crippen LogP contribution < -0.4 is 9.47 Å². The molecule has 0 bridgehead atoms. The summed E-state index contributed by atoms with van der Waals surface area (Å²) < 4.78 is 46.4. The van der Waals surface area contributed by atoms with Crippen molar-refractivity contribution in [3.8, 4) is 11.5 Å². The van der Waals surface area contributed by atoms with E-state index >= 15 is 0 Å². The molecule has 110 valence electrons. The van der Waals surface area contributed by atoms with Crippen molar-refractivity contribution < 1.29 is 27.4 Å². The zero-order valence-corrected chi connectivity index (χ0v) is 11.2. The van der Waals surface area contributed by atoms with E-state index < -0.39 is 23.6 Å². The van der Waals surface area contributed by atoms with Crippen molar-refractivity contribution in [1.82, 2.24) is 0 Å². The fourth-order valence-corrected chi connectivity index (χ4v) is 2.18. The molecule has 2 atom stereocenters. The summed E-state index contributed by atoms with van der Waals surface area (Å²) in [6.45, 7) is 3.61. The minimum absolute atomic E-state index is 0.00185. The Kier molecular flexibility index (Phi) is 3.67. The molecular weight excluding hydrogens is 273 g/mol. The molecule has 0 aliphatic heterocycles. The van der Waals surface area contributed by atoms with E-state index in [4.69, 9.17) is 4.74 Å². The molecule has 1 fully saturated rings. The molecule has 20 heavy (non-hydrogen) atoms. The number of alkyl halides is 3. The van der Waals surface area contributed by atoms with Gasteiger partial charge in [0.25, 0.3) is 0 Å². The Morgan fingerprint density at radius 2 is 1.90 bits per heavy atom. The number of ether oxygens (including phenoxy) is 2. The van der Waals surface area contributed by atoms with Crippen LogP contribution in [0.25, 0.3) is 0 Å². The molecule has 2 unspecified atom stereocenters. The SMILES string of the molecule is CCC1(C)C(=O)CC1Oc1ccccc1OC(F)(F)F. The van der Waals surface area contributed by atoms with Gasteiger partial charge in [-0.1, -0.05) is 19.1 Å². The minimum Gasteiger partial charge on any atom is -0.485 e. The first-order chi connectivity index (χ1) is 9.26. The Bertz CT molecular complexity index is 513. The normalized spacial score (nSPS) is 26.1. The van der Waals surface area contributed by atoms with Gasteiger partial charge in [-0.15, -0.1) is 13.2 Å². The van der Waals surface area contributed by atoms with E-state index in [1.165, 1.54) is 18.2 Å². The number of Topliss-reactive ketones (excluding diaryl/α,β-unsaturated/α-hetero) is 1. The van der Waals surface area contributed by atoms with Gasteiger partial charge < -0.3 is 9.47 Å². The molecular formula is C14H15F3O3. The van der Waals surface area contributed by atoms with E-state index in [2.05, 4.69) is 4.74 Å². The first kappa shape index (κ1) is 14.7. The zero-order chi connectivity index (χ0) is 15.0. The zero-order valence-electron chi connectivity index (χ0n) is 11.2. The lowest BCUT2D eigenvalue weighted by Gasteiger charge is -2.44. The number of rotatable bonds is 4. The molecule has 0 amide bonds. The Morgan fingerprint density at radius 3 is 2.40 bits per heavy atom. The number of hydrogen-bond donors (Lipinski definition) is 0. The predicted molar refractivity (Wildman–Crippen MR) is 65.6 cm³/mol. The highest BCUT2D eigenvalue weighted by molar-refractivity contribution is 5.92. The van der Waals surface area contributed by atoms with Crippen molar-refractivity contribution in [1.29, 1.82) is 0 Å². The third-order valence-corrected chi connectivity index (χ3v) is 3.80. The number of hydrogen-bond acceptors (Lipinski definition) is 3. The smallest absolute Gasteiger partial charge is 0.485 e. The van der Waals surface area contributed by atoms with Crippen LogP contribution in [-0.2, 0) is 4.79 Å². The summed E-state index contributed by atoms with van der Waals surface area (Å²) in [5.41, 5.74) is -0.634. The van der Waals surface area contributed by atoms with Gasteiger partial charge >= 0.3 is 6.36 Å². The lowest BCUT2D eigenvalue weighted by Crippen LogP contribution is -2.54. The number of para-hydroxylation sites is 2. The van der Waals surface area contributed by atoms with Crippen molar-refractivity contribution in [2.45, 2.75) is 39.2 Å². The molecule has 0 N–H and O–H groups in total. The van der Waals surface area contributed by atoms with Crippen LogP contribution >= 0.6 is 0 Å². The Labute approximate surface area is 114 Å². The monoisotopic (exact) mass is 288 g/mol. The fourth-order valence-electron chi connectivity index (χ4n) is 2.18. The summed E-state index contributed by atoms with van der Waals surface area (Å²) in [4.78, 5) is 11.6. The number of ketones is 1. The number of benzene rings is 1.